The van der Waals surface area contributed by atoms with Gasteiger partial charge in [-0.2, -0.15) is 0 Å². The lowest BCUT2D eigenvalue weighted by Gasteiger charge is -2.43. The van der Waals surface area contributed by atoms with Crippen molar-refractivity contribution in [2.24, 2.45) is 0 Å². The number of nitrogens with one attached hydrogen (secondary N) is 2. The fourth-order valence-electron chi connectivity index (χ4n) is 3.63. The van der Waals surface area contributed by atoms with Crippen molar-refractivity contribution in [1.29, 1.82) is 0 Å². The van der Waals surface area contributed by atoms with Gasteiger partial charge in [-0.1, -0.05) is 55.0 Å². The van der Waals surface area contributed by atoms with E-state index in [1.54, 1.807) is 25.7 Å². The molecule has 7 heteroatoms. The summed E-state index contributed by atoms with van der Waals surface area (Å²) in [5, 5.41) is 5.55. The molecule has 0 spiro atoms. The fraction of sp³-hybridized carbons (Fsp3) is 0.464. The Bertz CT molecular complexity index is 1040. The number of carbonyl (C=O) groups is 3. The van der Waals surface area contributed by atoms with Crippen molar-refractivity contribution in [2.45, 2.75) is 79.0 Å². The molecule has 0 radical (unpaired) electrons. The number of carbonyl (C=O) groups excluding carboxylic acids is 3. The molecule has 7 nitrogen and oxygen atoms in total. The first kappa shape index (κ1) is 27.9. The van der Waals surface area contributed by atoms with E-state index in [-0.39, 0.29) is 18.4 Å². The number of benzene rings is 2. The first-order valence-corrected chi connectivity index (χ1v) is 12.0. The minimum absolute atomic E-state index is 0.293. The van der Waals surface area contributed by atoms with Crippen molar-refractivity contribution in [2.75, 3.05) is 11.9 Å². The minimum atomic E-state index is -0.905. The van der Waals surface area contributed by atoms with Crippen LogP contribution in [0.1, 0.15) is 70.7 Å². The quantitative estimate of drug-likeness (QED) is 0.519. The summed E-state index contributed by atoms with van der Waals surface area (Å²) in [5.74, 6) is -0.705. The topological polar surface area (TPSA) is 87.7 Å². The molecule has 0 aliphatic carbocycles. The number of hydrogen-bond acceptors (Lipinski definition) is 4. The van der Waals surface area contributed by atoms with E-state index in [0.29, 0.717) is 17.7 Å². The van der Waals surface area contributed by atoms with E-state index in [1.807, 2.05) is 83.1 Å². The number of amides is 3. The van der Waals surface area contributed by atoms with E-state index in [1.165, 1.54) is 0 Å². The van der Waals surface area contributed by atoms with Gasteiger partial charge in [0, 0.05) is 11.2 Å². The van der Waals surface area contributed by atoms with E-state index in [0.717, 1.165) is 11.1 Å². The van der Waals surface area contributed by atoms with Crippen LogP contribution >= 0.6 is 0 Å². The van der Waals surface area contributed by atoms with Crippen molar-refractivity contribution >= 4 is 23.6 Å². The second kappa shape index (κ2) is 11.4. The molecule has 0 bridgehead atoms. The predicted octanol–water partition coefficient (Wildman–Crippen LogP) is 5.53. The Morgan fingerprint density at radius 3 is 2.09 bits per heavy atom. The number of hydrogen-bond donors (Lipinski definition) is 2. The Balaban J connectivity index is 2.46. The van der Waals surface area contributed by atoms with Crippen LogP contribution in [0.4, 0.5) is 10.5 Å². The van der Waals surface area contributed by atoms with Crippen LogP contribution in [0, 0.1) is 13.8 Å². The molecular weight excluding hydrogens is 442 g/mol. The van der Waals surface area contributed by atoms with Crippen molar-refractivity contribution in [1.82, 2.24) is 10.2 Å². The van der Waals surface area contributed by atoms with E-state index in [4.69, 9.17) is 4.74 Å². The van der Waals surface area contributed by atoms with Gasteiger partial charge in [0.2, 0.25) is 5.91 Å². The zero-order valence-electron chi connectivity index (χ0n) is 22.2. The van der Waals surface area contributed by atoms with Gasteiger partial charge in [-0.15, -0.1) is 0 Å². The summed E-state index contributed by atoms with van der Waals surface area (Å²) in [4.78, 5) is 41.2. The summed E-state index contributed by atoms with van der Waals surface area (Å²) in [7, 11) is 0. The van der Waals surface area contributed by atoms with Crippen molar-refractivity contribution in [3.8, 4) is 0 Å². The summed E-state index contributed by atoms with van der Waals surface area (Å²) in [5.41, 5.74) is 1.98. The monoisotopic (exact) mass is 481 g/mol. The van der Waals surface area contributed by atoms with Crippen LogP contribution in [0.5, 0.6) is 0 Å². The largest absolute Gasteiger partial charge is 0.444 e. The van der Waals surface area contributed by atoms with Gasteiger partial charge in [-0.3, -0.25) is 9.59 Å². The summed E-state index contributed by atoms with van der Waals surface area (Å²) in [6, 6.07) is 14.2. The third kappa shape index (κ3) is 7.84. The Morgan fingerprint density at radius 2 is 1.54 bits per heavy atom. The van der Waals surface area contributed by atoms with Crippen molar-refractivity contribution < 1.29 is 19.1 Å². The van der Waals surface area contributed by atoms with Gasteiger partial charge in [0.25, 0.3) is 5.91 Å². The van der Waals surface area contributed by atoms with E-state index >= 15 is 0 Å². The van der Waals surface area contributed by atoms with Crippen LogP contribution < -0.4 is 10.6 Å². The SMILES string of the molecule is CCC(C)(C)N(C(=O)CNC(=O)OC(C)(C)C)C(C(=O)Nc1ccccc1C)c1ccc(C)cc1. The Labute approximate surface area is 209 Å². The number of para-hydroxylation sites is 1. The first-order chi connectivity index (χ1) is 16.2. The lowest BCUT2D eigenvalue weighted by molar-refractivity contribution is -0.145. The average molecular weight is 482 g/mol. The third-order valence-corrected chi connectivity index (χ3v) is 5.87. The number of anilines is 1. The average Bonchev–Trinajstić information content (AvgIpc) is 2.76. The molecule has 0 heterocycles. The number of aryl methyl sites for hydroxylation is 2. The molecule has 3 amide bonds. The second-order valence-electron chi connectivity index (χ2n) is 10.4. The van der Waals surface area contributed by atoms with Gasteiger partial charge in [0.15, 0.2) is 0 Å². The molecular formula is C28H39N3O4. The molecule has 0 fully saturated rings. The first-order valence-electron chi connectivity index (χ1n) is 12.0. The number of rotatable bonds is 8. The Kier molecular flexibility index (Phi) is 9.07. The van der Waals surface area contributed by atoms with Crippen LogP contribution in [-0.2, 0) is 14.3 Å². The molecule has 2 aromatic rings. The molecule has 0 aromatic heterocycles. The fourth-order valence-corrected chi connectivity index (χ4v) is 3.63. The summed E-state index contributed by atoms with van der Waals surface area (Å²) in [6.45, 7) is 14.7. The number of nitrogens with zero attached hydrogens (tertiary/aromatic N) is 1. The molecule has 2 N–H and O–H groups in total. The molecule has 35 heavy (non-hydrogen) atoms. The van der Waals surface area contributed by atoms with Gasteiger partial charge >= 0.3 is 6.09 Å². The van der Waals surface area contributed by atoms with Gasteiger partial charge in [-0.25, -0.2) is 4.79 Å². The predicted molar refractivity (Wildman–Crippen MR) is 139 cm³/mol. The smallest absolute Gasteiger partial charge is 0.408 e. The molecule has 0 aliphatic rings. The summed E-state index contributed by atoms with van der Waals surface area (Å²) in [6.07, 6.45) is -0.0816. The molecule has 190 valence electrons. The van der Waals surface area contributed by atoms with Crippen LogP contribution in [0.3, 0.4) is 0 Å². The molecule has 0 aliphatic heterocycles. The summed E-state index contributed by atoms with van der Waals surface area (Å²) < 4.78 is 5.28. The van der Waals surface area contributed by atoms with E-state index < -0.39 is 23.3 Å². The number of alkyl carbamates (subject to hydrolysis) is 1. The van der Waals surface area contributed by atoms with Crippen molar-refractivity contribution in [3.05, 3.63) is 65.2 Å². The standard InChI is InChI=1S/C28H39N3O4/c1-9-28(7,8)31(23(32)18-29-26(34)35-27(4,5)6)24(21-16-14-19(2)15-17-21)25(33)30-22-13-11-10-12-20(22)3/h10-17,24H,9,18H2,1-8H3,(H,29,34)(H,30,33). The van der Waals surface area contributed by atoms with Crippen LogP contribution in [-0.4, -0.2) is 40.5 Å². The molecule has 1 atom stereocenters. The molecule has 2 aromatic carbocycles. The lowest BCUT2D eigenvalue weighted by atomic mass is 9.92. The van der Waals surface area contributed by atoms with Gasteiger partial charge in [0.1, 0.15) is 18.2 Å². The van der Waals surface area contributed by atoms with Crippen LogP contribution in [0.15, 0.2) is 48.5 Å². The summed E-state index contributed by atoms with van der Waals surface area (Å²) >= 11 is 0. The highest BCUT2D eigenvalue weighted by atomic mass is 16.6. The highest BCUT2D eigenvalue weighted by Crippen LogP contribution is 2.32. The Hall–Kier alpha value is -3.35. The molecule has 2 rings (SSSR count). The van der Waals surface area contributed by atoms with Crippen LogP contribution in [0.25, 0.3) is 0 Å². The zero-order chi connectivity index (χ0) is 26.4. The molecule has 0 saturated heterocycles. The van der Waals surface area contributed by atoms with Crippen molar-refractivity contribution in [3.63, 3.8) is 0 Å². The van der Waals surface area contributed by atoms with E-state index in [9.17, 15) is 14.4 Å². The third-order valence-electron chi connectivity index (χ3n) is 5.87. The maximum Gasteiger partial charge on any atom is 0.408 e. The highest BCUT2D eigenvalue weighted by molar-refractivity contribution is 5.99. The van der Waals surface area contributed by atoms with Gasteiger partial charge in [0.05, 0.1) is 0 Å². The van der Waals surface area contributed by atoms with Gasteiger partial charge in [-0.05, 0) is 72.1 Å². The zero-order valence-corrected chi connectivity index (χ0v) is 22.2. The number of ether oxygens (including phenoxy) is 1. The van der Waals surface area contributed by atoms with Crippen LogP contribution in [0.2, 0.25) is 0 Å². The van der Waals surface area contributed by atoms with E-state index in [2.05, 4.69) is 10.6 Å². The Morgan fingerprint density at radius 1 is 0.943 bits per heavy atom. The maximum absolute atomic E-state index is 13.8. The second-order valence-corrected chi connectivity index (χ2v) is 10.4. The minimum Gasteiger partial charge on any atom is -0.444 e. The highest BCUT2D eigenvalue weighted by Gasteiger charge is 2.40. The molecule has 0 saturated carbocycles. The van der Waals surface area contributed by atoms with Gasteiger partial charge < -0.3 is 20.3 Å². The molecule has 1 unspecified atom stereocenters. The maximum atomic E-state index is 13.8. The lowest BCUT2D eigenvalue weighted by Crippen LogP contribution is -2.55. The normalized spacial score (nSPS) is 12.5.